The maximum absolute atomic E-state index is 12.0. The van der Waals surface area contributed by atoms with E-state index in [-0.39, 0.29) is 23.8 Å². The second-order valence-electron chi connectivity index (χ2n) is 6.59. The van der Waals surface area contributed by atoms with E-state index in [0.29, 0.717) is 6.61 Å². The first-order chi connectivity index (χ1) is 8.73. The quantitative estimate of drug-likeness (QED) is 0.733. The molecule has 3 unspecified atom stereocenters. The number of carbonyl (C=O) groups excluding carboxylic acids is 1. The topological polar surface area (TPSA) is 48.0 Å². The lowest BCUT2D eigenvalue weighted by Crippen LogP contribution is -2.42. The van der Waals surface area contributed by atoms with Gasteiger partial charge in [0.1, 0.15) is 5.60 Å². The first-order valence-electron chi connectivity index (χ1n) is 6.95. The number of nitrogens with zero attached hydrogens (tertiary/aromatic N) is 1. The maximum atomic E-state index is 12.0. The highest BCUT2D eigenvalue weighted by Crippen LogP contribution is 2.39. The average Bonchev–Trinajstić information content (AvgIpc) is 2.85. The van der Waals surface area contributed by atoms with E-state index < -0.39 is 5.60 Å². The molecular weight excluding hydrogens is 246 g/mol. The molecule has 2 aliphatic rings. The number of amides is 1. The molecule has 2 aliphatic heterocycles. The van der Waals surface area contributed by atoms with Gasteiger partial charge in [0.15, 0.2) is 0 Å². The summed E-state index contributed by atoms with van der Waals surface area (Å²) in [5, 5.41) is 0. The molecule has 2 saturated heterocycles. The minimum Gasteiger partial charge on any atom is -0.444 e. The fraction of sp³-hybridized carbons (Fsp3) is 0.929. The Morgan fingerprint density at radius 1 is 1.42 bits per heavy atom. The van der Waals surface area contributed by atoms with Crippen molar-refractivity contribution in [1.29, 1.82) is 0 Å². The van der Waals surface area contributed by atoms with Gasteiger partial charge in [-0.1, -0.05) is 0 Å². The molecule has 1 spiro atoms. The SMILES string of the molecule is CC1OCCC12CC(N(C)C(=O)OC(C)(C)C)CO2. The Labute approximate surface area is 115 Å². The summed E-state index contributed by atoms with van der Waals surface area (Å²) in [6.45, 7) is 8.96. The highest BCUT2D eigenvalue weighted by Gasteiger charge is 2.50. The Bertz CT molecular complexity index is 352. The molecule has 1 amide bonds. The van der Waals surface area contributed by atoms with Crippen LogP contribution >= 0.6 is 0 Å². The van der Waals surface area contributed by atoms with Gasteiger partial charge in [-0.2, -0.15) is 0 Å². The fourth-order valence-corrected chi connectivity index (χ4v) is 2.73. The van der Waals surface area contributed by atoms with Crippen LogP contribution in [0.15, 0.2) is 0 Å². The van der Waals surface area contributed by atoms with Crippen molar-refractivity contribution in [3.8, 4) is 0 Å². The van der Waals surface area contributed by atoms with Crippen molar-refractivity contribution < 1.29 is 19.0 Å². The Hall–Kier alpha value is -0.810. The van der Waals surface area contributed by atoms with Gasteiger partial charge in [0.05, 0.1) is 24.4 Å². The second-order valence-corrected chi connectivity index (χ2v) is 6.59. The summed E-state index contributed by atoms with van der Waals surface area (Å²) in [6, 6.07) is 0.0685. The van der Waals surface area contributed by atoms with Crippen LogP contribution in [0, 0.1) is 0 Å². The van der Waals surface area contributed by atoms with Gasteiger partial charge in [-0.3, -0.25) is 0 Å². The van der Waals surface area contributed by atoms with Gasteiger partial charge >= 0.3 is 6.09 Å². The number of carbonyl (C=O) groups is 1. The zero-order chi connectivity index (χ0) is 14.3. The standard InChI is InChI=1S/C14H25NO4/c1-10-14(6-7-17-10)8-11(9-18-14)15(5)12(16)19-13(2,3)4/h10-11H,6-9H2,1-5H3. The van der Waals surface area contributed by atoms with Crippen LogP contribution in [0.2, 0.25) is 0 Å². The Morgan fingerprint density at radius 2 is 2.11 bits per heavy atom. The van der Waals surface area contributed by atoms with Gasteiger partial charge in [-0.25, -0.2) is 4.79 Å². The molecule has 0 aromatic heterocycles. The molecule has 2 rings (SSSR count). The molecule has 0 aromatic carbocycles. The summed E-state index contributed by atoms with van der Waals surface area (Å²) >= 11 is 0. The highest BCUT2D eigenvalue weighted by molar-refractivity contribution is 5.68. The van der Waals surface area contributed by atoms with Crippen molar-refractivity contribution >= 4 is 6.09 Å². The van der Waals surface area contributed by atoms with Gasteiger partial charge in [0.25, 0.3) is 0 Å². The lowest BCUT2D eigenvalue weighted by molar-refractivity contribution is -0.0474. The highest BCUT2D eigenvalue weighted by atomic mass is 16.6. The van der Waals surface area contributed by atoms with Crippen LogP contribution in [0.25, 0.3) is 0 Å². The van der Waals surface area contributed by atoms with Crippen LogP contribution in [0.5, 0.6) is 0 Å². The number of hydrogen-bond acceptors (Lipinski definition) is 4. The molecule has 5 heteroatoms. The third-order valence-electron chi connectivity index (χ3n) is 4.01. The molecule has 2 fully saturated rings. The summed E-state index contributed by atoms with van der Waals surface area (Å²) in [7, 11) is 1.78. The van der Waals surface area contributed by atoms with E-state index >= 15 is 0 Å². The number of likely N-dealkylation sites (N-methyl/N-ethyl adjacent to an activating group) is 1. The summed E-state index contributed by atoms with van der Waals surface area (Å²) in [5.41, 5.74) is -0.673. The van der Waals surface area contributed by atoms with E-state index in [1.807, 2.05) is 27.7 Å². The van der Waals surface area contributed by atoms with Gasteiger partial charge in [-0.15, -0.1) is 0 Å². The molecule has 0 aliphatic carbocycles. The fourth-order valence-electron chi connectivity index (χ4n) is 2.73. The van der Waals surface area contributed by atoms with Crippen molar-refractivity contribution in [3.05, 3.63) is 0 Å². The molecular formula is C14H25NO4. The van der Waals surface area contributed by atoms with Crippen molar-refractivity contribution in [2.24, 2.45) is 0 Å². The van der Waals surface area contributed by atoms with Crippen LogP contribution in [0.3, 0.4) is 0 Å². The van der Waals surface area contributed by atoms with Gasteiger partial charge in [-0.05, 0) is 27.7 Å². The maximum Gasteiger partial charge on any atom is 0.410 e. The zero-order valence-corrected chi connectivity index (χ0v) is 12.6. The summed E-state index contributed by atoms with van der Waals surface area (Å²) in [6.07, 6.45) is 1.55. The molecule has 0 N–H and O–H groups in total. The Kier molecular flexibility index (Phi) is 3.80. The third-order valence-corrected chi connectivity index (χ3v) is 4.01. The molecule has 19 heavy (non-hydrogen) atoms. The lowest BCUT2D eigenvalue weighted by Gasteiger charge is -2.29. The van der Waals surface area contributed by atoms with E-state index in [2.05, 4.69) is 0 Å². The Morgan fingerprint density at radius 3 is 2.63 bits per heavy atom. The minimum absolute atomic E-state index is 0.0685. The van der Waals surface area contributed by atoms with Crippen LogP contribution in [0.1, 0.15) is 40.5 Å². The predicted octanol–water partition coefficient (Wildman–Crippen LogP) is 2.19. The number of rotatable bonds is 1. The zero-order valence-electron chi connectivity index (χ0n) is 12.6. The number of hydrogen-bond donors (Lipinski definition) is 0. The normalized spacial score (nSPS) is 34.8. The molecule has 5 nitrogen and oxygen atoms in total. The average molecular weight is 271 g/mol. The molecule has 0 aromatic rings. The second kappa shape index (κ2) is 4.94. The van der Waals surface area contributed by atoms with E-state index in [1.165, 1.54) is 0 Å². The molecule has 0 bridgehead atoms. The van der Waals surface area contributed by atoms with Gasteiger partial charge < -0.3 is 19.1 Å². The largest absolute Gasteiger partial charge is 0.444 e. The summed E-state index contributed by atoms with van der Waals surface area (Å²) in [4.78, 5) is 13.7. The molecule has 110 valence electrons. The van der Waals surface area contributed by atoms with Crippen molar-refractivity contribution in [2.45, 2.75) is 63.9 Å². The molecule has 0 radical (unpaired) electrons. The van der Waals surface area contributed by atoms with Crippen LogP contribution in [0.4, 0.5) is 4.79 Å². The molecule has 3 atom stereocenters. The molecule has 2 heterocycles. The van der Waals surface area contributed by atoms with Gasteiger partial charge in [0, 0.05) is 26.5 Å². The van der Waals surface area contributed by atoms with Crippen molar-refractivity contribution in [1.82, 2.24) is 4.90 Å². The van der Waals surface area contributed by atoms with Crippen LogP contribution in [-0.4, -0.2) is 54.6 Å². The summed E-state index contributed by atoms with van der Waals surface area (Å²) < 4.78 is 16.9. The first-order valence-corrected chi connectivity index (χ1v) is 6.95. The third kappa shape index (κ3) is 3.03. The molecule has 0 saturated carbocycles. The summed E-state index contributed by atoms with van der Waals surface area (Å²) in [5.74, 6) is 0. The predicted molar refractivity (Wildman–Crippen MR) is 71.1 cm³/mol. The minimum atomic E-state index is -0.466. The van der Waals surface area contributed by atoms with Gasteiger partial charge in [0.2, 0.25) is 0 Å². The van der Waals surface area contributed by atoms with Crippen molar-refractivity contribution in [2.75, 3.05) is 20.3 Å². The number of ether oxygens (including phenoxy) is 3. The monoisotopic (exact) mass is 271 g/mol. The van der Waals surface area contributed by atoms with Crippen LogP contribution in [-0.2, 0) is 14.2 Å². The van der Waals surface area contributed by atoms with E-state index in [0.717, 1.165) is 19.4 Å². The van der Waals surface area contributed by atoms with Crippen LogP contribution < -0.4 is 0 Å². The van der Waals surface area contributed by atoms with E-state index in [4.69, 9.17) is 14.2 Å². The smallest absolute Gasteiger partial charge is 0.410 e. The van der Waals surface area contributed by atoms with Crippen molar-refractivity contribution in [3.63, 3.8) is 0 Å². The van der Waals surface area contributed by atoms with E-state index in [1.54, 1.807) is 11.9 Å². The first kappa shape index (κ1) is 14.6. The van der Waals surface area contributed by atoms with E-state index in [9.17, 15) is 4.79 Å². The Balaban J connectivity index is 1.95. The lowest BCUT2D eigenvalue weighted by atomic mass is 9.91.